The molecule has 0 aliphatic heterocycles. The molecule has 0 saturated carbocycles. The number of ether oxygens (including phenoxy) is 2. The minimum atomic E-state index is 0.500. The highest BCUT2D eigenvalue weighted by Crippen LogP contribution is 2.20. The molecule has 0 amide bonds. The number of benzene rings is 1. The second kappa shape index (κ2) is 10.6. The van der Waals surface area contributed by atoms with E-state index in [9.17, 15) is 0 Å². The maximum absolute atomic E-state index is 5.42. The molecular weight excluding hydrogens is 264 g/mol. The summed E-state index contributed by atoms with van der Waals surface area (Å²) in [7, 11) is 5.66. The molecule has 1 unspecified atom stereocenters. The molecule has 120 valence electrons. The lowest BCUT2D eigenvalue weighted by atomic mass is 10.1. The minimum Gasteiger partial charge on any atom is -0.496 e. The fraction of sp³-hybridized carbons (Fsp3) is 0.647. The van der Waals surface area contributed by atoms with Gasteiger partial charge >= 0.3 is 0 Å². The van der Waals surface area contributed by atoms with Gasteiger partial charge in [-0.25, -0.2) is 0 Å². The second-order valence-corrected chi connectivity index (χ2v) is 5.44. The first-order valence-electron chi connectivity index (χ1n) is 7.70. The van der Waals surface area contributed by atoms with Crippen LogP contribution in [0.1, 0.15) is 18.9 Å². The first kappa shape index (κ1) is 18.0. The van der Waals surface area contributed by atoms with Crippen LogP contribution in [-0.2, 0) is 11.2 Å². The summed E-state index contributed by atoms with van der Waals surface area (Å²) >= 11 is 0. The van der Waals surface area contributed by atoms with Crippen LogP contribution < -0.4 is 10.1 Å². The summed E-state index contributed by atoms with van der Waals surface area (Å²) in [5.41, 5.74) is 1.28. The highest BCUT2D eigenvalue weighted by atomic mass is 16.5. The fourth-order valence-electron chi connectivity index (χ4n) is 2.32. The third-order valence-corrected chi connectivity index (χ3v) is 3.81. The van der Waals surface area contributed by atoms with Gasteiger partial charge in [0.15, 0.2) is 0 Å². The first-order chi connectivity index (χ1) is 10.2. The van der Waals surface area contributed by atoms with Gasteiger partial charge in [0.25, 0.3) is 0 Å². The van der Waals surface area contributed by atoms with Gasteiger partial charge in [-0.2, -0.15) is 0 Å². The van der Waals surface area contributed by atoms with Crippen LogP contribution in [0.3, 0.4) is 0 Å². The van der Waals surface area contributed by atoms with E-state index in [-0.39, 0.29) is 0 Å². The lowest BCUT2D eigenvalue weighted by Gasteiger charge is -2.25. The molecule has 1 atom stereocenters. The van der Waals surface area contributed by atoms with E-state index in [1.54, 1.807) is 14.2 Å². The van der Waals surface area contributed by atoms with Crippen molar-refractivity contribution in [3.63, 3.8) is 0 Å². The van der Waals surface area contributed by atoms with Gasteiger partial charge in [0.05, 0.1) is 13.7 Å². The van der Waals surface area contributed by atoms with Crippen molar-refractivity contribution in [3.8, 4) is 5.75 Å². The average molecular weight is 294 g/mol. The Kier molecular flexibility index (Phi) is 9.06. The highest BCUT2D eigenvalue weighted by molar-refractivity contribution is 5.33. The number of nitrogens with one attached hydrogen (secondary N) is 1. The number of hydrogen-bond acceptors (Lipinski definition) is 4. The highest BCUT2D eigenvalue weighted by Gasteiger charge is 2.12. The minimum absolute atomic E-state index is 0.500. The number of likely N-dealkylation sites (N-methyl/N-ethyl adjacent to an activating group) is 1. The topological polar surface area (TPSA) is 33.7 Å². The van der Waals surface area contributed by atoms with Gasteiger partial charge in [-0.05, 0) is 51.5 Å². The summed E-state index contributed by atoms with van der Waals surface area (Å²) in [6, 6.07) is 8.77. The molecular formula is C17H30N2O2. The summed E-state index contributed by atoms with van der Waals surface area (Å²) in [6.45, 7) is 6.10. The summed E-state index contributed by atoms with van der Waals surface area (Å²) in [5.74, 6) is 0.985. The van der Waals surface area contributed by atoms with Gasteiger partial charge in [-0.1, -0.05) is 18.2 Å². The molecule has 0 saturated heterocycles. The van der Waals surface area contributed by atoms with Crippen molar-refractivity contribution < 1.29 is 9.47 Å². The molecule has 1 aromatic carbocycles. The van der Waals surface area contributed by atoms with Crippen LogP contribution in [0.25, 0.3) is 0 Å². The predicted molar refractivity (Wildman–Crippen MR) is 88.2 cm³/mol. The van der Waals surface area contributed by atoms with E-state index < -0.39 is 0 Å². The lowest BCUT2D eigenvalue weighted by molar-refractivity contribution is 0.198. The Bertz CT molecular complexity index is 385. The maximum Gasteiger partial charge on any atom is 0.122 e. The Labute approximate surface area is 129 Å². The van der Waals surface area contributed by atoms with E-state index in [4.69, 9.17) is 9.47 Å². The molecule has 4 heteroatoms. The molecule has 0 radical (unpaired) electrons. The van der Waals surface area contributed by atoms with Gasteiger partial charge < -0.3 is 19.7 Å². The summed E-state index contributed by atoms with van der Waals surface area (Å²) < 4.78 is 10.4. The number of hydrogen-bond donors (Lipinski definition) is 1. The Morgan fingerprint density at radius 3 is 2.67 bits per heavy atom. The fourth-order valence-corrected chi connectivity index (χ4v) is 2.32. The summed E-state index contributed by atoms with van der Waals surface area (Å²) in [4.78, 5) is 2.41. The largest absolute Gasteiger partial charge is 0.496 e. The maximum atomic E-state index is 5.42. The van der Waals surface area contributed by atoms with Crippen LogP contribution in [-0.4, -0.2) is 58.5 Å². The number of nitrogens with zero attached hydrogens (tertiary/aromatic N) is 1. The summed E-state index contributed by atoms with van der Waals surface area (Å²) in [5, 5.41) is 3.38. The molecule has 21 heavy (non-hydrogen) atoms. The molecule has 1 rings (SSSR count). The SMILES string of the molecule is COCCNCCCN(C)C(C)Cc1ccccc1OC. The molecule has 0 spiro atoms. The van der Waals surface area contributed by atoms with Gasteiger partial charge in [-0.15, -0.1) is 0 Å². The van der Waals surface area contributed by atoms with Crippen LogP contribution >= 0.6 is 0 Å². The monoisotopic (exact) mass is 294 g/mol. The summed E-state index contributed by atoms with van der Waals surface area (Å²) in [6.07, 6.45) is 2.16. The smallest absolute Gasteiger partial charge is 0.122 e. The van der Waals surface area contributed by atoms with Gasteiger partial charge in [0.2, 0.25) is 0 Å². The predicted octanol–water partition coefficient (Wildman–Crippen LogP) is 2.18. The van der Waals surface area contributed by atoms with E-state index in [2.05, 4.69) is 36.3 Å². The molecule has 1 aromatic rings. The van der Waals surface area contributed by atoms with Crippen molar-refractivity contribution in [2.45, 2.75) is 25.8 Å². The zero-order chi connectivity index (χ0) is 15.5. The zero-order valence-electron chi connectivity index (χ0n) is 13.9. The van der Waals surface area contributed by atoms with E-state index in [1.165, 1.54) is 5.56 Å². The average Bonchev–Trinajstić information content (AvgIpc) is 2.51. The normalized spacial score (nSPS) is 12.6. The van der Waals surface area contributed by atoms with Crippen molar-refractivity contribution >= 4 is 0 Å². The molecule has 0 heterocycles. The molecule has 0 bridgehead atoms. The number of methoxy groups -OCH3 is 2. The van der Waals surface area contributed by atoms with E-state index in [1.807, 2.05) is 12.1 Å². The zero-order valence-corrected chi connectivity index (χ0v) is 13.9. The molecule has 0 aliphatic rings. The van der Waals surface area contributed by atoms with Crippen molar-refractivity contribution in [2.75, 3.05) is 47.5 Å². The van der Waals surface area contributed by atoms with Crippen LogP contribution in [0.15, 0.2) is 24.3 Å². The van der Waals surface area contributed by atoms with Crippen LogP contribution in [0, 0.1) is 0 Å². The van der Waals surface area contributed by atoms with Crippen molar-refractivity contribution in [3.05, 3.63) is 29.8 Å². The standard InChI is InChI=1S/C17H30N2O2/c1-15(14-16-8-5-6-9-17(16)21-4)19(2)12-7-10-18-11-13-20-3/h5-6,8-9,15,18H,7,10-14H2,1-4H3. The van der Waals surface area contributed by atoms with Gasteiger partial charge in [-0.3, -0.25) is 0 Å². The third kappa shape index (κ3) is 6.93. The van der Waals surface area contributed by atoms with Crippen molar-refractivity contribution in [2.24, 2.45) is 0 Å². The number of rotatable bonds is 11. The van der Waals surface area contributed by atoms with E-state index in [0.29, 0.717) is 6.04 Å². The Morgan fingerprint density at radius 1 is 1.19 bits per heavy atom. The van der Waals surface area contributed by atoms with E-state index >= 15 is 0 Å². The third-order valence-electron chi connectivity index (χ3n) is 3.81. The Hall–Kier alpha value is -1.10. The van der Waals surface area contributed by atoms with E-state index in [0.717, 1.165) is 44.8 Å². The second-order valence-electron chi connectivity index (χ2n) is 5.44. The van der Waals surface area contributed by atoms with Gasteiger partial charge in [0.1, 0.15) is 5.75 Å². The van der Waals surface area contributed by atoms with Crippen LogP contribution in [0.2, 0.25) is 0 Å². The molecule has 4 nitrogen and oxygen atoms in total. The van der Waals surface area contributed by atoms with Crippen molar-refractivity contribution in [1.29, 1.82) is 0 Å². The van der Waals surface area contributed by atoms with Crippen LogP contribution in [0.4, 0.5) is 0 Å². The molecule has 0 aliphatic carbocycles. The Balaban J connectivity index is 2.29. The molecule has 0 aromatic heterocycles. The first-order valence-corrected chi connectivity index (χ1v) is 7.70. The quantitative estimate of drug-likeness (QED) is 0.634. The molecule has 0 fully saturated rings. The number of para-hydroxylation sites is 1. The van der Waals surface area contributed by atoms with Crippen LogP contribution in [0.5, 0.6) is 5.75 Å². The van der Waals surface area contributed by atoms with Gasteiger partial charge in [0, 0.05) is 19.7 Å². The van der Waals surface area contributed by atoms with Crippen molar-refractivity contribution in [1.82, 2.24) is 10.2 Å². The Morgan fingerprint density at radius 2 is 1.95 bits per heavy atom. The molecule has 1 N–H and O–H groups in total. The lowest BCUT2D eigenvalue weighted by Crippen LogP contribution is -2.33.